The van der Waals surface area contributed by atoms with Crippen LogP contribution in [0.15, 0.2) is 47.6 Å². The lowest BCUT2D eigenvalue weighted by molar-refractivity contribution is -0.139. The highest BCUT2D eigenvalue weighted by Gasteiger charge is 2.61. The maximum atomic E-state index is 13.9. The average molecular weight is 453 g/mol. The molecule has 3 amide bonds. The number of anilines is 1. The monoisotopic (exact) mass is 452 g/mol. The third-order valence-corrected chi connectivity index (χ3v) is 6.47. The molecule has 32 heavy (non-hydrogen) atoms. The first-order valence-electron chi connectivity index (χ1n) is 10.3. The lowest BCUT2D eigenvalue weighted by atomic mass is 10.0. The Morgan fingerprint density at radius 1 is 1.16 bits per heavy atom. The lowest BCUT2D eigenvalue weighted by Crippen LogP contribution is -2.48. The number of nitrogens with one attached hydrogen (secondary N) is 1. The first-order valence-corrected chi connectivity index (χ1v) is 11.1. The minimum Gasteiger partial charge on any atom is -0.494 e. The highest BCUT2D eigenvalue weighted by atomic mass is 32.2. The van der Waals surface area contributed by atoms with Crippen molar-refractivity contribution in [3.05, 3.63) is 59.2 Å². The topological polar surface area (TPSA) is 91.3 Å². The fraction of sp³-hybridized carbons (Fsp3) is 0.304. The summed E-state index contributed by atoms with van der Waals surface area (Å²) in [5.41, 5.74) is 3.27. The van der Waals surface area contributed by atoms with E-state index in [0.29, 0.717) is 24.4 Å². The number of benzene rings is 2. The molecule has 0 saturated heterocycles. The Morgan fingerprint density at radius 2 is 1.88 bits per heavy atom. The minimum absolute atomic E-state index is 0.219. The van der Waals surface area contributed by atoms with Gasteiger partial charge in [-0.15, -0.1) is 5.10 Å². The van der Waals surface area contributed by atoms with Crippen LogP contribution in [0.1, 0.15) is 37.5 Å². The molecule has 2 heterocycles. The molecule has 1 unspecified atom stereocenters. The van der Waals surface area contributed by atoms with Gasteiger partial charge in [0, 0.05) is 19.4 Å². The Balaban J connectivity index is 1.76. The summed E-state index contributed by atoms with van der Waals surface area (Å²) in [5, 5.41) is 8.31. The van der Waals surface area contributed by atoms with Gasteiger partial charge < -0.3 is 15.0 Å². The van der Waals surface area contributed by atoms with Crippen LogP contribution in [-0.2, 0) is 25.8 Å². The molecule has 0 saturated carbocycles. The second-order valence-electron chi connectivity index (χ2n) is 7.65. The number of hydrogen-bond acceptors (Lipinski definition) is 6. The van der Waals surface area contributed by atoms with Gasteiger partial charge in [0.2, 0.25) is 16.7 Å². The highest BCUT2D eigenvalue weighted by Crippen LogP contribution is 2.54. The molecule has 9 heteroatoms. The molecule has 166 valence electrons. The zero-order chi connectivity index (χ0) is 23.0. The van der Waals surface area contributed by atoms with E-state index in [0.717, 1.165) is 28.6 Å². The number of aryl methyl sites for hydroxylation is 1. The molecule has 1 N–H and O–H groups in total. The predicted molar refractivity (Wildman–Crippen MR) is 123 cm³/mol. The van der Waals surface area contributed by atoms with E-state index in [1.165, 1.54) is 18.9 Å². The Kier molecular flexibility index (Phi) is 5.68. The molecule has 2 aromatic rings. The van der Waals surface area contributed by atoms with Crippen LogP contribution in [0.3, 0.4) is 0 Å². The van der Waals surface area contributed by atoms with Crippen molar-refractivity contribution < 1.29 is 19.1 Å². The number of hydrazone groups is 1. The summed E-state index contributed by atoms with van der Waals surface area (Å²) in [6, 6.07) is 13.3. The number of hydrogen-bond donors (Lipinski definition) is 1. The molecule has 8 nitrogen and oxygen atoms in total. The molecular weight excluding hydrogens is 428 g/mol. The van der Waals surface area contributed by atoms with Crippen LogP contribution in [0.4, 0.5) is 5.69 Å². The van der Waals surface area contributed by atoms with E-state index in [1.54, 1.807) is 4.90 Å². The molecule has 0 bridgehead atoms. The molecule has 0 aliphatic carbocycles. The van der Waals surface area contributed by atoms with Crippen molar-refractivity contribution in [2.24, 2.45) is 5.10 Å². The van der Waals surface area contributed by atoms with Crippen LogP contribution < -0.4 is 15.0 Å². The third-order valence-electron chi connectivity index (χ3n) is 5.23. The smallest absolute Gasteiger partial charge is 0.271 e. The van der Waals surface area contributed by atoms with Crippen LogP contribution in [0.2, 0.25) is 0 Å². The number of ether oxygens (including phenoxy) is 1. The van der Waals surface area contributed by atoms with Crippen molar-refractivity contribution in [2.45, 2.75) is 39.1 Å². The van der Waals surface area contributed by atoms with Gasteiger partial charge in [0.05, 0.1) is 18.8 Å². The predicted octanol–water partition coefficient (Wildman–Crippen LogP) is 3.10. The Labute approximate surface area is 190 Å². The number of amidine groups is 1. The third kappa shape index (κ3) is 3.62. The van der Waals surface area contributed by atoms with Crippen LogP contribution in [0, 0.1) is 6.92 Å². The first-order chi connectivity index (χ1) is 15.3. The summed E-state index contributed by atoms with van der Waals surface area (Å²) in [4.78, 5) is 38.4. The molecule has 2 aliphatic heterocycles. The Hall–Kier alpha value is -3.33. The molecule has 2 aromatic carbocycles. The van der Waals surface area contributed by atoms with Crippen molar-refractivity contribution in [2.75, 3.05) is 11.5 Å². The standard InChI is InChI=1S/C23H24N4O4S/c1-5-31-18-9-7-17(8-10-18)13-26-20-11-6-14(2)12-19(20)23(21(26)30)27(16(4)29)25-22(32-23)24-15(3)28/h6-12H,5,13H2,1-4H3,(H,24,25,28). The van der Waals surface area contributed by atoms with E-state index >= 15 is 0 Å². The fourth-order valence-electron chi connectivity index (χ4n) is 3.92. The number of fused-ring (bicyclic) bond motifs is 2. The number of carbonyl (C=O) groups is 3. The van der Waals surface area contributed by atoms with E-state index < -0.39 is 4.87 Å². The second-order valence-corrected chi connectivity index (χ2v) is 8.83. The SMILES string of the molecule is CCOc1ccc(CN2C(=O)C3(SC(NC(C)=O)=NN3C(C)=O)c3cc(C)ccc32)cc1. The van der Waals surface area contributed by atoms with E-state index in [1.807, 2.05) is 56.3 Å². The summed E-state index contributed by atoms with van der Waals surface area (Å²) in [5.74, 6) is -0.227. The highest BCUT2D eigenvalue weighted by molar-refractivity contribution is 8.15. The summed E-state index contributed by atoms with van der Waals surface area (Å²) in [6.07, 6.45) is 0. The van der Waals surface area contributed by atoms with Crippen molar-refractivity contribution >= 4 is 40.3 Å². The van der Waals surface area contributed by atoms with Crippen LogP contribution in [0.25, 0.3) is 0 Å². The summed E-state index contributed by atoms with van der Waals surface area (Å²) < 4.78 is 5.50. The van der Waals surface area contributed by atoms with Crippen LogP contribution >= 0.6 is 11.8 Å². The van der Waals surface area contributed by atoms with Crippen molar-refractivity contribution in [1.82, 2.24) is 10.3 Å². The van der Waals surface area contributed by atoms with Crippen LogP contribution in [0.5, 0.6) is 5.75 Å². The molecule has 4 rings (SSSR count). The number of amides is 3. The van der Waals surface area contributed by atoms with Gasteiger partial charge in [0.25, 0.3) is 5.91 Å². The van der Waals surface area contributed by atoms with Gasteiger partial charge >= 0.3 is 0 Å². The zero-order valence-electron chi connectivity index (χ0n) is 18.3. The van der Waals surface area contributed by atoms with Gasteiger partial charge in [-0.05, 0) is 49.4 Å². The molecule has 0 radical (unpaired) electrons. The number of carbonyl (C=O) groups excluding carboxylic acids is 3. The van der Waals surface area contributed by atoms with Crippen molar-refractivity contribution in [3.8, 4) is 5.75 Å². The van der Waals surface area contributed by atoms with Gasteiger partial charge in [0.1, 0.15) is 5.75 Å². The lowest BCUT2D eigenvalue weighted by Gasteiger charge is -2.29. The minimum atomic E-state index is -1.39. The summed E-state index contributed by atoms with van der Waals surface area (Å²) >= 11 is 1.08. The maximum Gasteiger partial charge on any atom is 0.271 e. The van der Waals surface area contributed by atoms with Gasteiger partial charge in [-0.1, -0.05) is 29.8 Å². The molecule has 1 atom stereocenters. The molecular formula is C23H24N4O4S. The molecule has 1 spiro atoms. The normalized spacial score (nSPS) is 19.2. The van der Waals surface area contributed by atoms with Crippen molar-refractivity contribution in [3.63, 3.8) is 0 Å². The fourth-order valence-corrected chi connectivity index (χ4v) is 5.25. The maximum absolute atomic E-state index is 13.9. The number of thioether (sulfide) groups is 1. The quantitative estimate of drug-likeness (QED) is 0.770. The van der Waals surface area contributed by atoms with E-state index in [9.17, 15) is 14.4 Å². The van der Waals surface area contributed by atoms with Crippen LogP contribution in [-0.4, -0.2) is 34.5 Å². The first kappa shape index (κ1) is 21.9. The van der Waals surface area contributed by atoms with E-state index in [-0.39, 0.29) is 22.9 Å². The van der Waals surface area contributed by atoms with Gasteiger partial charge in [-0.3, -0.25) is 14.4 Å². The zero-order valence-corrected chi connectivity index (χ0v) is 19.2. The Morgan fingerprint density at radius 3 is 2.50 bits per heavy atom. The number of rotatable bonds is 4. The average Bonchev–Trinajstić information content (AvgIpc) is 3.22. The van der Waals surface area contributed by atoms with Gasteiger partial charge in [-0.25, -0.2) is 0 Å². The van der Waals surface area contributed by atoms with Gasteiger partial charge in [0.15, 0.2) is 5.17 Å². The number of nitrogens with zero attached hydrogens (tertiary/aromatic N) is 3. The van der Waals surface area contributed by atoms with Crippen molar-refractivity contribution in [1.29, 1.82) is 0 Å². The second kappa shape index (κ2) is 8.31. The Bertz CT molecular complexity index is 1130. The van der Waals surface area contributed by atoms with E-state index in [4.69, 9.17) is 4.74 Å². The largest absolute Gasteiger partial charge is 0.494 e. The summed E-state index contributed by atoms with van der Waals surface area (Å²) in [7, 11) is 0. The summed E-state index contributed by atoms with van der Waals surface area (Å²) in [6.45, 7) is 7.48. The molecule has 0 aromatic heterocycles. The van der Waals surface area contributed by atoms with E-state index in [2.05, 4.69) is 10.4 Å². The van der Waals surface area contributed by atoms with Gasteiger partial charge in [-0.2, -0.15) is 5.01 Å². The molecule has 0 fully saturated rings. The molecule has 2 aliphatic rings.